The van der Waals surface area contributed by atoms with Gasteiger partial charge in [-0.3, -0.25) is 4.98 Å². The third kappa shape index (κ3) is 4.27. The second kappa shape index (κ2) is 7.42. The van der Waals surface area contributed by atoms with Crippen LogP contribution in [0.3, 0.4) is 0 Å². The number of sulfonamides is 1. The van der Waals surface area contributed by atoms with Crippen LogP contribution in [0.1, 0.15) is 42.7 Å². The molecule has 6 nitrogen and oxygen atoms in total. The Balaban J connectivity index is 2.01. The van der Waals surface area contributed by atoms with Crippen molar-refractivity contribution in [2.45, 2.75) is 51.4 Å². The molecule has 1 aromatic carbocycles. The summed E-state index contributed by atoms with van der Waals surface area (Å²) in [4.78, 5) is 8.62. The Morgan fingerprint density at radius 1 is 1.10 bits per heavy atom. The van der Waals surface area contributed by atoms with E-state index < -0.39 is 27.8 Å². The van der Waals surface area contributed by atoms with Crippen LogP contribution in [0.4, 0.5) is 13.2 Å². The largest absolute Gasteiger partial charge is 0.416 e. The van der Waals surface area contributed by atoms with E-state index in [1.54, 1.807) is 32.3 Å². The van der Waals surface area contributed by atoms with Crippen molar-refractivity contribution < 1.29 is 21.6 Å². The fourth-order valence-electron chi connectivity index (χ4n) is 3.29. The molecule has 3 rings (SSSR count). The molecule has 2 heterocycles. The average molecular weight is 426 g/mol. The van der Waals surface area contributed by atoms with E-state index in [1.807, 2.05) is 0 Å². The molecule has 0 aliphatic rings. The number of alkyl halides is 3. The molecule has 29 heavy (non-hydrogen) atoms. The number of halogens is 3. The minimum atomic E-state index is -4.47. The van der Waals surface area contributed by atoms with Crippen molar-refractivity contribution in [3.63, 3.8) is 0 Å². The molecule has 156 valence electrons. The molecule has 0 aliphatic carbocycles. The van der Waals surface area contributed by atoms with Crippen molar-refractivity contribution in [1.29, 1.82) is 0 Å². The van der Waals surface area contributed by atoms with E-state index in [1.165, 1.54) is 18.2 Å². The van der Waals surface area contributed by atoms with Crippen molar-refractivity contribution in [2.75, 3.05) is 0 Å². The van der Waals surface area contributed by atoms with Gasteiger partial charge in [-0.05, 0) is 58.0 Å². The summed E-state index contributed by atoms with van der Waals surface area (Å²) in [5, 5.41) is 0. The van der Waals surface area contributed by atoms with Crippen molar-refractivity contribution >= 4 is 21.1 Å². The molecule has 10 heteroatoms. The molecule has 0 radical (unpaired) electrons. The van der Waals surface area contributed by atoms with E-state index >= 15 is 0 Å². The van der Waals surface area contributed by atoms with E-state index in [9.17, 15) is 21.6 Å². The van der Waals surface area contributed by atoms with Gasteiger partial charge in [0.2, 0.25) is 10.0 Å². The normalized spacial score (nSPS) is 13.8. The highest BCUT2D eigenvalue weighted by Gasteiger charge is 2.31. The fraction of sp³-hybridized carbons (Fsp3) is 0.368. The highest BCUT2D eigenvalue weighted by molar-refractivity contribution is 7.89. The Hall–Kier alpha value is -2.46. The molecule has 0 spiro atoms. The Morgan fingerprint density at radius 3 is 2.28 bits per heavy atom. The lowest BCUT2D eigenvalue weighted by atomic mass is 10.2. The summed E-state index contributed by atoms with van der Waals surface area (Å²) in [6, 6.07) is 5.46. The predicted octanol–water partition coefficient (Wildman–Crippen LogP) is 4.13. The van der Waals surface area contributed by atoms with E-state index in [-0.39, 0.29) is 4.90 Å². The molecule has 0 saturated carbocycles. The summed E-state index contributed by atoms with van der Waals surface area (Å²) in [5.41, 5.74) is 1.04. The van der Waals surface area contributed by atoms with Gasteiger partial charge in [-0.2, -0.15) is 13.2 Å². The second-order valence-electron chi connectivity index (χ2n) is 6.84. The Bertz CT molecular complexity index is 1150. The van der Waals surface area contributed by atoms with Gasteiger partial charge in [-0.25, -0.2) is 18.1 Å². The van der Waals surface area contributed by atoms with Crippen LogP contribution in [0.5, 0.6) is 0 Å². The zero-order chi connectivity index (χ0) is 21.6. The van der Waals surface area contributed by atoms with Crippen LogP contribution >= 0.6 is 0 Å². The minimum Gasteiger partial charge on any atom is -0.327 e. The van der Waals surface area contributed by atoms with Gasteiger partial charge in [-0.1, -0.05) is 0 Å². The predicted molar refractivity (Wildman–Crippen MR) is 103 cm³/mol. The summed E-state index contributed by atoms with van der Waals surface area (Å²) in [5.74, 6) is 0.341. The Kier molecular flexibility index (Phi) is 5.44. The number of fused-ring (bicyclic) bond motifs is 1. The quantitative estimate of drug-likeness (QED) is 0.666. The first-order valence-electron chi connectivity index (χ1n) is 8.97. The highest BCUT2D eigenvalue weighted by atomic mass is 32.2. The molecule has 1 N–H and O–H groups in total. The monoisotopic (exact) mass is 426 g/mol. The van der Waals surface area contributed by atoms with Crippen LogP contribution in [-0.4, -0.2) is 23.0 Å². The number of aryl methyl sites for hydroxylation is 3. The van der Waals surface area contributed by atoms with Gasteiger partial charge in [0, 0.05) is 17.9 Å². The van der Waals surface area contributed by atoms with E-state index in [0.29, 0.717) is 34.8 Å². The third-order valence-corrected chi connectivity index (χ3v) is 6.03. The lowest BCUT2D eigenvalue weighted by Gasteiger charge is -2.16. The van der Waals surface area contributed by atoms with Gasteiger partial charge >= 0.3 is 6.18 Å². The van der Waals surface area contributed by atoms with Gasteiger partial charge in [0.1, 0.15) is 5.82 Å². The number of nitrogens with zero attached hydrogens (tertiary/aromatic N) is 3. The summed E-state index contributed by atoms with van der Waals surface area (Å²) in [6.45, 7) is 7.11. The molecule has 0 aliphatic heterocycles. The molecule has 0 fully saturated rings. The number of rotatable bonds is 5. The number of aromatic nitrogens is 3. The van der Waals surface area contributed by atoms with Crippen LogP contribution in [-0.2, 0) is 22.7 Å². The Morgan fingerprint density at radius 2 is 1.72 bits per heavy atom. The summed E-state index contributed by atoms with van der Waals surface area (Å²) in [7, 11) is -3.87. The van der Waals surface area contributed by atoms with Gasteiger partial charge in [0.05, 0.1) is 27.5 Å². The number of hydrogen-bond donors (Lipinski definition) is 1. The number of nitrogens with one attached hydrogen (secondary N) is 1. The maximum atomic E-state index is 13.1. The van der Waals surface area contributed by atoms with E-state index in [4.69, 9.17) is 0 Å². The van der Waals surface area contributed by atoms with Crippen molar-refractivity contribution in [2.24, 2.45) is 0 Å². The second-order valence-corrected chi connectivity index (χ2v) is 8.56. The van der Waals surface area contributed by atoms with E-state index in [0.717, 1.165) is 12.1 Å². The van der Waals surface area contributed by atoms with Crippen molar-refractivity contribution in [1.82, 2.24) is 19.3 Å². The molecule has 0 bridgehead atoms. The first-order chi connectivity index (χ1) is 13.4. The third-order valence-electron chi connectivity index (χ3n) is 4.51. The maximum absolute atomic E-state index is 13.1. The molecular formula is C19H21F3N4O2S. The zero-order valence-corrected chi connectivity index (χ0v) is 17.2. The molecular weight excluding hydrogens is 405 g/mol. The van der Waals surface area contributed by atoms with Gasteiger partial charge < -0.3 is 4.57 Å². The van der Waals surface area contributed by atoms with Gasteiger partial charge in [0.15, 0.2) is 0 Å². The smallest absolute Gasteiger partial charge is 0.327 e. The van der Waals surface area contributed by atoms with Crippen molar-refractivity contribution in [3.8, 4) is 0 Å². The minimum absolute atomic E-state index is 0.0767. The fourth-order valence-corrected chi connectivity index (χ4v) is 4.64. The van der Waals surface area contributed by atoms with E-state index in [2.05, 4.69) is 14.7 Å². The van der Waals surface area contributed by atoms with Crippen LogP contribution in [0.25, 0.3) is 11.0 Å². The first-order valence-corrected chi connectivity index (χ1v) is 10.5. The molecule has 0 amide bonds. The van der Waals surface area contributed by atoms with Crippen LogP contribution in [0.15, 0.2) is 35.2 Å². The van der Waals surface area contributed by atoms with Crippen LogP contribution in [0, 0.1) is 13.8 Å². The van der Waals surface area contributed by atoms with Crippen molar-refractivity contribution in [3.05, 3.63) is 53.1 Å². The molecule has 3 aromatic rings. The SMILES string of the molecule is CCn1c([C@@H](C)NS(=O)(=O)c2cc(C)nc(C)c2)nc2ccc(C(F)(F)F)cc21. The average Bonchev–Trinajstić information content (AvgIpc) is 2.97. The number of pyridine rings is 1. The van der Waals surface area contributed by atoms with Gasteiger partial charge in [0.25, 0.3) is 0 Å². The molecule has 0 saturated heterocycles. The van der Waals surface area contributed by atoms with Gasteiger partial charge in [-0.15, -0.1) is 0 Å². The van der Waals surface area contributed by atoms with Crippen LogP contribution < -0.4 is 4.72 Å². The highest BCUT2D eigenvalue weighted by Crippen LogP contribution is 2.32. The summed E-state index contributed by atoms with van der Waals surface area (Å²) < 4.78 is 68.9. The lowest BCUT2D eigenvalue weighted by molar-refractivity contribution is -0.137. The van der Waals surface area contributed by atoms with Crippen LogP contribution in [0.2, 0.25) is 0 Å². The topological polar surface area (TPSA) is 76.9 Å². The molecule has 2 aromatic heterocycles. The first kappa shape index (κ1) is 21.3. The summed E-state index contributed by atoms with van der Waals surface area (Å²) >= 11 is 0. The maximum Gasteiger partial charge on any atom is 0.416 e. The lowest BCUT2D eigenvalue weighted by Crippen LogP contribution is -2.29. The molecule has 0 unspecified atom stereocenters. The standard InChI is InChI=1S/C19H21F3N4O2S/c1-5-26-17-10-14(19(20,21)22)6-7-16(17)24-18(26)13(4)25-29(27,28)15-8-11(2)23-12(3)9-15/h6-10,13,25H,5H2,1-4H3/t13-/m1/s1. The molecule has 1 atom stereocenters. The zero-order valence-electron chi connectivity index (χ0n) is 16.4. The number of benzene rings is 1. The number of hydrogen-bond acceptors (Lipinski definition) is 4. The summed E-state index contributed by atoms with van der Waals surface area (Å²) in [6.07, 6.45) is -4.47. The number of imidazole rings is 1. The Labute approximate surface area is 166 Å².